The summed E-state index contributed by atoms with van der Waals surface area (Å²) in [6.45, 7) is 0. The predicted molar refractivity (Wildman–Crippen MR) is 82.3 cm³/mol. The van der Waals surface area contributed by atoms with Gasteiger partial charge >= 0.3 is 0 Å². The van der Waals surface area contributed by atoms with Crippen LogP contribution in [0.2, 0.25) is 0 Å². The molecular formula is C16H9BrN2. The molecule has 0 spiro atoms. The molecule has 0 atom stereocenters. The van der Waals surface area contributed by atoms with Crippen molar-refractivity contribution in [3.8, 4) is 0 Å². The number of fused-ring (bicyclic) bond motifs is 6. The maximum absolute atomic E-state index is 4.55. The average Bonchev–Trinajstić information content (AvgIpc) is 2.47. The van der Waals surface area contributed by atoms with Crippen LogP contribution in [0.3, 0.4) is 0 Å². The Bertz CT molecular complexity index is 896. The predicted octanol–water partition coefficient (Wildman–Crippen LogP) is 4.70. The first-order valence-electron chi connectivity index (χ1n) is 6.05. The van der Waals surface area contributed by atoms with E-state index in [1.165, 1.54) is 10.8 Å². The van der Waals surface area contributed by atoms with Gasteiger partial charge in [0.25, 0.3) is 0 Å². The molecule has 2 aromatic heterocycles. The minimum Gasteiger partial charge on any atom is -0.254 e. The summed E-state index contributed by atoms with van der Waals surface area (Å²) in [5, 5.41) is 4.72. The number of pyridine rings is 2. The smallest absolute Gasteiger partial charge is 0.0971 e. The molecule has 0 saturated heterocycles. The Hall–Kier alpha value is -2.00. The monoisotopic (exact) mass is 308 g/mol. The minimum atomic E-state index is 0.956. The molecule has 0 fully saturated rings. The Kier molecular flexibility index (Phi) is 2.29. The van der Waals surface area contributed by atoms with Crippen molar-refractivity contribution in [2.75, 3.05) is 0 Å². The van der Waals surface area contributed by atoms with Gasteiger partial charge in [-0.2, -0.15) is 0 Å². The van der Waals surface area contributed by atoms with Crippen LogP contribution in [0.25, 0.3) is 32.6 Å². The van der Waals surface area contributed by atoms with E-state index in [0.29, 0.717) is 0 Å². The Morgan fingerprint density at radius 3 is 2.26 bits per heavy atom. The van der Waals surface area contributed by atoms with E-state index < -0.39 is 0 Å². The second-order valence-corrected chi connectivity index (χ2v) is 5.41. The molecule has 4 aromatic rings. The summed E-state index contributed by atoms with van der Waals surface area (Å²) in [5.74, 6) is 0. The van der Waals surface area contributed by atoms with Crippen LogP contribution in [0, 0.1) is 0 Å². The van der Waals surface area contributed by atoms with E-state index in [-0.39, 0.29) is 0 Å². The van der Waals surface area contributed by atoms with Gasteiger partial charge in [0, 0.05) is 27.6 Å². The molecule has 0 radical (unpaired) electrons. The van der Waals surface area contributed by atoms with Gasteiger partial charge in [0.2, 0.25) is 0 Å². The van der Waals surface area contributed by atoms with Crippen LogP contribution in [0.1, 0.15) is 0 Å². The van der Waals surface area contributed by atoms with Crippen LogP contribution in [0.4, 0.5) is 0 Å². The lowest BCUT2D eigenvalue weighted by Crippen LogP contribution is -1.87. The van der Waals surface area contributed by atoms with Crippen molar-refractivity contribution < 1.29 is 0 Å². The van der Waals surface area contributed by atoms with Crippen molar-refractivity contribution >= 4 is 48.5 Å². The topological polar surface area (TPSA) is 25.8 Å². The second kappa shape index (κ2) is 4.00. The van der Waals surface area contributed by atoms with Crippen LogP contribution in [-0.2, 0) is 0 Å². The zero-order chi connectivity index (χ0) is 12.8. The third-order valence-electron chi connectivity index (χ3n) is 3.39. The lowest BCUT2D eigenvalue weighted by molar-refractivity contribution is 1.37. The molecular weight excluding hydrogens is 300 g/mol. The first kappa shape index (κ1) is 10.9. The lowest BCUT2D eigenvalue weighted by atomic mass is 10.0. The molecule has 0 unspecified atom stereocenters. The van der Waals surface area contributed by atoms with Gasteiger partial charge < -0.3 is 0 Å². The largest absolute Gasteiger partial charge is 0.254 e. The minimum absolute atomic E-state index is 0.956. The first-order valence-corrected chi connectivity index (χ1v) is 6.84. The zero-order valence-corrected chi connectivity index (χ0v) is 11.6. The average molecular weight is 309 g/mol. The third kappa shape index (κ3) is 1.55. The summed E-state index contributed by atoms with van der Waals surface area (Å²) >= 11 is 3.50. The maximum atomic E-state index is 4.55. The molecule has 4 rings (SSSR count). The number of aromatic nitrogens is 2. The molecule has 2 nitrogen and oxygen atoms in total. The fraction of sp³-hybridized carbons (Fsp3) is 0. The van der Waals surface area contributed by atoms with Crippen LogP contribution < -0.4 is 0 Å². The van der Waals surface area contributed by atoms with E-state index in [1.807, 2.05) is 18.5 Å². The summed E-state index contributed by atoms with van der Waals surface area (Å²) in [7, 11) is 0. The molecule has 2 aromatic carbocycles. The number of nitrogens with zero attached hydrogens (tertiary/aromatic N) is 2. The van der Waals surface area contributed by atoms with E-state index in [1.54, 1.807) is 0 Å². The highest BCUT2D eigenvalue weighted by Crippen LogP contribution is 2.33. The molecule has 0 N–H and O–H groups in total. The van der Waals surface area contributed by atoms with Crippen LogP contribution >= 0.6 is 15.9 Å². The van der Waals surface area contributed by atoms with Gasteiger partial charge in [-0.1, -0.05) is 30.3 Å². The van der Waals surface area contributed by atoms with Gasteiger partial charge in [0.1, 0.15) is 0 Å². The highest BCUT2D eigenvalue weighted by molar-refractivity contribution is 9.10. The Morgan fingerprint density at radius 1 is 0.737 bits per heavy atom. The van der Waals surface area contributed by atoms with E-state index in [0.717, 1.165) is 26.3 Å². The lowest BCUT2D eigenvalue weighted by Gasteiger charge is -2.08. The van der Waals surface area contributed by atoms with Crippen LogP contribution in [0.5, 0.6) is 0 Å². The van der Waals surface area contributed by atoms with Crippen molar-refractivity contribution in [3.63, 3.8) is 0 Å². The number of benzene rings is 2. The molecule has 0 bridgehead atoms. The van der Waals surface area contributed by atoms with Gasteiger partial charge in [-0.15, -0.1) is 0 Å². The van der Waals surface area contributed by atoms with Crippen molar-refractivity contribution in [2.24, 2.45) is 0 Å². The quantitative estimate of drug-likeness (QED) is 0.440. The highest BCUT2D eigenvalue weighted by atomic mass is 79.9. The second-order valence-electron chi connectivity index (χ2n) is 4.49. The summed E-state index contributed by atoms with van der Waals surface area (Å²) in [6, 6.07) is 14.6. The summed E-state index contributed by atoms with van der Waals surface area (Å²) in [5.41, 5.74) is 1.92. The molecule has 90 valence electrons. The Balaban J connectivity index is 2.43. The van der Waals surface area contributed by atoms with E-state index in [2.05, 4.69) is 62.3 Å². The Morgan fingerprint density at radius 2 is 1.42 bits per heavy atom. The third-order valence-corrected chi connectivity index (χ3v) is 3.83. The van der Waals surface area contributed by atoms with Gasteiger partial charge in [0.15, 0.2) is 0 Å². The molecule has 3 heteroatoms. The summed E-state index contributed by atoms with van der Waals surface area (Å²) in [4.78, 5) is 9.06. The number of rotatable bonds is 0. The first-order chi connectivity index (χ1) is 9.34. The van der Waals surface area contributed by atoms with E-state index in [9.17, 15) is 0 Å². The van der Waals surface area contributed by atoms with Crippen molar-refractivity contribution in [1.82, 2.24) is 9.97 Å². The summed E-state index contributed by atoms with van der Waals surface area (Å²) < 4.78 is 0.987. The molecule has 0 aliphatic carbocycles. The maximum Gasteiger partial charge on any atom is 0.0971 e. The molecule has 0 amide bonds. The fourth-order valence-electron chi connectivity index (χ4n) is 2.60. The van der Waals surface area contributed by atoms with Crippen molar-refractivity contribution in [1.29, 1.82) is 0 Å². The Labute approximate surface area is 118 Å². The molecule has 19 heavy (non-hydrogen) atoms. The standard InChI is InChI=1S/C16H9BrN2/c17-10-8-14-12-5-2-1-4-11(12)13-6-3-7-18-15(13)16(14)19-9-10/h1-9H. The van der Waals surface area contributed by atoms with Gasteiger partial charge in [-0.05, 0) is 38.8 Å². The normalized spacial score (nSPS) is 11.4. The summed E-state index contributed by atoms with van der Waals surface area (Å²) in [6.07, 6.45) is 3.64. The van der Waals surface area contributed by atoms with Gasteiger partial charge in [-0.3, -0.25) is 9.97 Å². The zero-order valence-electron chi connectivity index (χ0n) is 9.97. The molecule has 2 heterocycles. The van der Waals surface area contributed by atoms with Crippen LogP contribution in [-0.4, -0.2) is 9.97 Å². The fourth-order valence-corrected chi connectivity index (χ4v) is 2.93. The van der Waals surface area contributed by atoms with Gasteiger partial charge in [0.05, 0.1) is 11.0 Å². The number of halogens is 1. The SMILES string of the molecule is Brc1cnc2c(c1)c1ccccc1c1cccnc12. The molecule has 0 aliphatic rings. The number of hydrogen-bond acceptors (Lipinski definition) is 2. The van der Waals surface area contributed by atoms with Crippen LogP contribution in [0.15, 0.2) is 59.3 Å². The van der Waals surface area contributed by atoms with E-state index in [4.69, 9.17) is 0 Å². The van der Waals surface area contributed by atoms with Crippen molar-refractivity contribution in [2.45, 2.75) is 0 Å². The molecule has 0 aliphatic heterocycles. The van der Waals surface area contributed by atoms with Gasteiger partial charge in [-0.25, -0.2) is 0 Å². The van der Waals surface area contributed by atoms with Crippen molar-refractivity contribution in [3.05, 3.63) is 59.3 Å². The molecule has 0 saturated carbocycles. The number of hydrogen-bond donors (Lipinski definition) is 0. The van der Waals surface area contributed by atoms with E-state index >= 15 is 0 Å². The highest BCUT2D eigenvalue weighted by Gasteiger charge is 2.09.